The van der Waals surface area contributed by atoms with Crippen molar-refractivity contribution in [2.24, 2.45) is 0 Å². The fraction of sp³-hybridized carbons (Fsp3) is 0.375. The lowest BCUT2D eigenvalue weighted by atomic mass is 10.3. The van der Waals surface area contributed by atoms with Crippen molar-refractivity contribution in [1.82, 2.24) is 14.8 Å². The van der Waals surface area contributed by atoms with Gasteiger partial charge in [-0.05, 0) is 19.4 Å². The predicted molar refractivity (Wildman–Crippen MR) is 44.5 cm³/mol. The Hall–Kier alpha value is -1.45. The van der Waals surface area contributed by atoms with Crippen molar-refractivity contribution in [3.63, 3.8) is 0 Å². The molecule has 12 heavy (non-hydrogen) atoms. The number of allylic oxidation sites excluding steroid dienone is 2. The van der Waals surface area contributed by atoms with Crippen LogP contribution in [-0.4, -0.2) is 20.5 Å². The van der Waals surface area contributed by atoms with Crippen LogP contribution in [0.5, 0.6) is 0 Å². The minimum atomic E-state index is 0.0774. The first-order chi connectivity index (χ1) is 5.79. The van der Waals surface area contributed by atoms with Crippen LogP contribution in [0, 0.1) is 0 Å². The van der Waals surface area contributed by atoms with E-state index in [4.69, 9.17) is 0 Å². The van der Waals surface area contributed by atoms with Crippen molar-refractivity contribution in [2.45, 2.75) is 19.9 Å². The van der Waals surface area contributed by atoms with Gasteiger partial charge in [-0.25, -0.2) is 4.98 Å². The van der Waals surface area contributed by atoms with Crippen molar-refractivity contribution in [2.75, 3.05) is 0 Å². The van der Waals surface area contributed by atoms with Crippen molar-refractivity contribution in [3.8, 4) is 0 Å². The molecule has 0 amide bonds. The molecule has 0 radical (unpaired) electrons. The van der Waals surface area contributed by atoms with Gasteiger partial charge in [0.1, 0.15) is 12.7 Å². The average Bonchev–Trinajstić information content (AvgIpc) is 2.49. The molecule has 0 saturated heterocycles. The Labute approximate surface area is 70.9 Å². The molecule has 0 bridgehead atoms. The zero-order chi connectivity index (χ0) is 8.81. The molecule has 0 fully saturated rings. The van der Waals surface area contributed by atoms with Gasteiger partial charge in [0.2, 0.25) is 0 Å². The molecule has 1 rings (SSSR count). The molecule has 1 aromatic heterocycles. The number of ketones is 1. The number of hydrogen-bond acceptors (Lipinski definition) is 3. The van der Waals surface area contributed by atoms with Gasteiger partial charge in [-0.15, -0.1) is 0 Å². The van der Waals surface area contributed by atoms with Gasteiger partial charge in [0.05, 0.1) is 0 Å². The lowest BCUT2D eigenvalue weighted by Gasteiger charge is -1.93. The van der Waals surface area contributed by atoms with Crippen LogP contribution in [0.2, 0.25) is 0 Å². The van der Waals surface area contributed by atoms with E-state index >= 15 is 0 Å². The van der Waals surface area contributed by atoms with Crippen LogP contribution in [0.4, 0.5) is 0 Å². The van der Waals surface area contributed by atoms with Crippen LogP contribution >= 0.6 is 0 Å². The van der Waals surface area contributed by atoms with E-state index in [1.807, 2.05) is 6.08 Å². The van der Waals surface area contributed by atoms with Crippen molar-refractivity contribution < 1.29 is 4.79 Å². The minimum Gasteiger partial charge on any atom is -0.295 e. The van der Waals surface area contributed by atoms with Crippen molar-refractivity contribution >= 4 is 5.78 Å². The Kier molecular flexibility index (Phi) is 3.19. The maximum atomic E-state index is 10.5. The molecule has 4 heteroatoms. The molecule has 4 nitrogen and oxygen atoms in total. The number of carbonyl (C=O) groups excluding carboxylic acids is 1. The predicted octanol–water partition coefficient (Wildman–Crippen LogP) is 0.813. The van der Waals surface area contributed by atoms with E-state index in [2.05, 4.69) is 10.1 Å². The molecule has 0 aliphatic carbocycles. The van der Waals surface area contributed by atoms with Crippen LogP contribution < -0.4 is 0 Å². The first-order valence-corrected chi connectivity index (χ1v) is 3.78. The van der Waals surface area contributed by atoms with E-state index in [1.165, 1.54) is 13.3 Å². The van der Waals surface area contributed by atoms with Crippen LogP contribution in [0.15, 0.2) is 24.8 Å². The topological polar surface area (TPSA) is 47.8 Å². The van der Waals surface area contributed by atoms with E-state index in [9.17, 15) is 4.79 Å². The molecule has 0 spiro atoms. The van der Waals surface area contributed by atoms with E-state index in [0.717, 1.165) is 13.0 Å². The number of rotatable bonds is 4. The first-order valence-electron chi connectivity index (χ1n) is 3.78. The van der Waals surface area contributed by atoms with Crippen LogP contribution in [-0.2, 0) is 11.3 Å². The largest absolute Gasteiger partial charge is 0.295 e. The monoisotopic (exact) mass is 165 g/mol. The Bertz CT molecular complexity index is 264. The summed E-state index contributed by atoms with van der Waals surface area (Å²) in [5.41, 5.74) is 0. The average molecular weight is 165 g/mol. The summed E-state index contributed by atoms with van der Waals surface area (Å²) >= 11 is 0. The fourth-order valence-corrected chi connectivity index (χ4v) is 0.804. The summed E-state index contributed by atoms with van der Waals surface area (Å²) in [6, 6.07) is 0. The van der Waals surface area contributed by atoms with Crippen molar-refractivity contribution in [1.29, 1.82) is 0 Å². The number of hydrogen-bond donors (Lipinski definition) is 0. The summed E-state index contributed by atoms with van der Waals surface area (Å²) in [6.07, 6.45) is 7.36. The molecule has 0 saturated carbocycles. The molecular formula is C8H11N3O. The third-order valence-electron chi connectivity index (χ3n) is 1.34. The van der Waals surface area contributed by atoms with E-state index in [1.54, 1.807) is 17.1 Å². The Balaban J connectivity index is 2.23. The highest BCUT2D eigenvalue weighted by Gasteiger charge is 1.87. The summed E-state index contributed by atoms with van der Waals surface area (Å²) in [7, 11) is 0. The van der Waals surface area contributed by atoms with E-state index < -0.39 is 0 Å². The van der Waals surface area contributed by atoms with E-state index in [0.29, 0.717) is 0 Å². The highest BCUT2D eigenvalue weighted by Crippen LogP contribution is 1.88. The van der Waals surface area contributed by atoms with Crippen LogP contribution in [0.25, 0.3) is 0 Å². The summed E-state index contributed by atoms with van der Waals surface area (Å²) < 4.78 is 1.73. The summed E-state index contributed by atoms with van der Waals surface area (Å²) in [4.78, 5) is 14.3. The third-order valence-corrected chi connectivity index (χ3v) is 1.34. The quantitative estimate of drug-likeness (QED) is 0.620. The molecule has 0 unspecified atom stereocenters. The molecule has 1 aromatic rings. The molecule has 1 heterocycles. The maximum Gasteiger partial charge on any atom is 0.152 e. The van der Waals surface area contributed by atoms with Gasteiger partial charge < -0.3 is 0 Å². The summed E-state index contributed by atoms with van der Waals surface area (Å²) in [5.74, 6) is 0.0774. The highest BCUT2D eigenvalue weighted by molar-refractivity contribution is 5.87. The molecule has 0 aromatic carbocycles. The van der Waals surface area contributed by atoms with Gasteiger partial charge >= 0.3 is 0 Å². The highest BCUT2D eigenvalue weighted by atomic mass is 16.1. The molecule has 0 aliphatic rings. The smallest absolute Gasteiger partial charge is 0.152 e. The number of aromatic nitrogens is 3. The molecule has 0 aliphatic heterocycles. The zero-order valence-corrected chi connectivity index (χ0v) is 6.97. The third kappa shape index (κ3) is 3.09. The fourth-order valence-electron chi connectivity index (χ4n) is 0.804. The summed E-state index contributed by atoms with van der Waals surface area (Å²) in [5, 5.41) is 3.92. The lowest BCUT2D eigenvalue weighted by Crippen LogP contribution is -1.96. The Morgan fingerprint density at radius 3 is 3.08 bits per heavy atom. The zero-order valence-electron chi connectivity index (χ0n) is 6.97. The lowest BCUT2D eigenvalue weighted by molar-refractivity contribution is -0.112. The number of carbonyl (C=O) groups is 1. The van der Waals surface area contributed by atoms with Gasteiger partial charge in [0.25, 0.3) is 0 Å². The second-order valence-electron chi connectivity index (χ2n) is 2.46. The van der Waals surface area contributed by atoms with Gasteiger partial charge in [0.15, 0.2) is 5.78 Å². The molecule has 64 valence electrons. The Morgan fingerprint density at radius 2 is 2.50 bits per heavy atom. The molecule has 0 atom stereocenters. The molecular weight excluding hydrogens is 154 g/mol. The van der Waals surface area contributed by atoms with Gasteiger partial charge in [-0.1, -0.05) is 6.08 Å². The number of aryl methyl sites for hydroxylation is 1. The van der Waals surface area contributed by atoms with Crippen molar-refractivity contribution in [3.05, 3.63) is 24.8 Å². The standard InChI is InChI=1S/C8H11N3O/c1-8(12)4-2-3-5-11-7-9-6-10-11/h2,4,6-7H,3,5H2,1H3/b4-2+. The van der Waals surface area contributed by atoms with Gasteiger partial charge in [0, 0.05) is 6.54 Å². The van der Waals surface area contributed by atoms with E-state index in [-0.39, 0.29) is 5.78 Å². The summed E-state index contributed by atoms with van der Waals surface area (Å²) in [6.45, 7) is 2.30. The van der Waals surface area contributed by atoms with Gasteiger partial charge in [-0.3, -0.25) is 9.48 Å². The minimum absolute atomic E-state index is 0.0774. The first kappa shape index (κ1) is 8.64. The Morgan fingerprint density at radius 1 is 1.67 bits per heavy atom. The maximum absolute atomic E-state index is 10.5. The second-order valence-corrected chi connectivity index (χ2v) is 2.46. The van der Waals surface area contributed by atoms with Crippen LogP contribution in [0.1, 0.15) is 13.3 Å². The SMILES string of the molecule is CC(=O)/C=C/CCn1cncn1. The normalized spacial score (nSPS) is 10.8. The number of nitrogens with zero attached hydrogens (tertiary/aromatic N) is 3. The second kappa shape index (κ2) is 4.43. The van der Waals surface area contributed by atoms with Crippen LogP contribution in [0.3, 0.4) is 0 Å². The molecule has 0 N–H and O–H groups in total. The van der Waals surface area contributed by atoms with Gasteiger partial charge in [-0.2, -0.15) is 5.10 Å².